The van der Waals surface area contributed by atoms with E-state index in [1.807, 2.05) is 49.1 Å². The second-order valence-electron chi connectivity index (χ2n) is 6.77. The summed E-state index contributed by atoms with van der Waals surface area (Å²) in [4.78, 5) is 29.7. The number of para-hydroxylation sites is 1. The third kappa shape index (κ3) is 3.78. The van der Waals surface area contributed by atoms with Gasteiger partial charge in [-0.25, -0.2) is 0 Å². The van der Waals surface area contributed by atoms with Gasteiger partial charge in [-0.15, -0.1) is 0 Å². The molecule has 1 aromatic carbocycles. The number of nitrogens with zero attached hydrogens (tertiary/aromatic N) is 1. The average molecular weight is 328 g/mol. The molecule has 1 aliphatic rings. The van der Waals surface area contributed by atoms with E-state index >= 15 is 0 Å². The quantitative estimate of drug-likeness (QED) is 0.875. The summed E-state index contributed by atoms with van der Waals surface area (Å²) in [5.74, 6) is 0.0152. The van der Waals surface area contributed by atoms with Crippen LogP contribution in [0.1, 0.15) is 43.6 Å². The van der Waals surface area contributed by atoms with Gasteiger partial charge in [0, 0.05) is 24.0 Å². The van der Waals surface area contributed by atoms with Crippen molar-refractivity contribution in [2.45, 2.75) is 39.2 Å². The molecule has 0 radical (unpaired) electrons. The number of hydrogen-bond donors (Lipinski definition) is 1. The van der Waals surface area contributed by atoms with E-state index in [2.05, 4.69) is 4.98 Å². The summed E-state index contributed by atoms with van der Waals surface area (Å²) >= 11 is 0. The molecule has 0 spiro atoms. The fraction of sp³-hybridized carbons (Fsp3) is 0.474. The number of H-pyrrole nitrogens is 1. The molecule has 24 heavy (non-hydrogen) atoms. The van der Waals surface area contributed by atoms with Crippen molar-refractivity contribution in [1.29, 1.82) is 0 Å². The van der Waals surface area contributed by atoms with E-state index in [-0.39, 0.29) is 23.9 Å². The highest BCUT2D eigenvalue weighted by molar-refractivity contribution is 5.98. The minimum atomic E-state index is -0.171. The van der Waals surface area contributed by atoms with Gasteiger partial charge in [0.2, 0.25) is 0 Å². The van der Waals surface area contributed by atoms with E-state index in [4.69, 9.17) is 4.74 Å². The summed E-state index contributed by atoms with van der Waals surface area (Å²) in [5.41, 5.74) is 1.58. The first-order valence-electron chi connectivity index (χ1n) is 8.59. The third-order valence-corrected chi connectivity index (χ3v) is 4.39. The van der Waals surface area contributed by atoms with Crippen LogP contribution < -0.4 is 0 Å². The molecule has 0 saturated carbocycles. The lowest BCUT2D eigenvalue weighted by atomic mass is 9.94. The standard InChI is InChI=1S/C19H24N2O3/c1-13(2)24-18(22)10-14-6-5-9-21(12-14)19(23)17-11-15-7-3-4-8-16(15)20-17/h3-4,7-8,11,13-14,20H,5-6,9-10,12H2,1-2H3. The lowest BCUT2D eigenvalue weighted by molar-refractivity contribution is -0.148. The fourth-order valence-corrected chi connectivity index (χ4v) is 3.32. The second-order valence-corrected chi connectivity index (χ2v) is 6.77. The van der Waals surface area contributed by atoms with Crippen molar-refractivity contribution in [1.82, 2.24) is 9.88 Å². The molecule has 0 aliphatic carbocycles. The van der Waals surface area contributed by atoms with E-state index < -0.39 is 0 Å². The smallest absolute Gasteiger partial charge is 0.306 e. The molecule has 1 saturated heterocycles. The van der Waals surface area contributed by atoms with Gasteiger partial charge in [0.05, 0.1) is 12.5 Å². The number of fused-ring (bicyclic) bond motifs is 1. The fourth-order valence-electron chi connectivity index (χ4n) is 3.32. The highest BCUT2D eigenvalue weighted by atomic mass is 16.5. The van der Waals surface area contributed by atoms with Gasteiger partial charge in [0.25, 0.3) is 5.91 Å². The Morgan fingerprint density at radius 3 is 2.88 bits per heavy atom. The zero-order valence-electron chi connectivity index (χ0n) is 14.2. The molecule has 2 heterocycles. The summed E-state index contributed by atoms with van der Waals surface area (Å²) < 4.78 is 5.22. The van der Waals surface area contributed by atoms with Crippen molar-refractivity contribution >= 4 is 22.8 Å². The monoisotopic (exact) mass is 328 g/mol. The number of aromatic nitrogens is 1. The number of ether oxygens (including phenoxy) is 1. The van der Waals surface area contributed by atoms with Crippen LogP contribution in [0.15, 0.2) is 30.3 Å². The number of esters is 1. The number of carbonyl (C=O) groups excluding carboxylic acids is 2. The molecule has 1 amide bonds. The predicted molar refractivity (Wildman–Crippen MR) is 92.8 cm³/mol. The molecular weight excluding hydrogens is 304 g/mol. The molecule has 5 heteroatoms. The van der Waals surface area contributed by atoms with Gasteiger partial charge < -0.3 is 14.6 Å². The molecule has 128 valence electrons. The summed E-state index contributed by atoms with van der Waals surface area (Å²) in [6.45, 7) is 5.06. The first kappa shape index (κ1) is 16.6. The van der Waals surface area contributed by atoms with Crippen molar-refractivity contribution < 1.29 is 14.3 Å². The largest absolute Gasteiger partial charge is 0.463 e. The van der Waals surface area contributed by atoms with E-state index in [0.29, 0.717) is 18.7 Å². The third-order valence-electron chi connectivity index (χ3n) is 4.39. The maximum Gasteiger partial charge on any atom is 0.306 e. The lowest BCUT2D eigenvalue weighted by Gasteiger charge is -2.32. The zero-order chi connectivity index (χ0) is 17.1. The molecule has 1 aromatic heterocycles. The molecule has 1 unspecified atom stereocenters. The SMILES string of the molecule is CC(C)OC(=O)CC1CCCN(C(=O)c2cc3ccccc3[nH]2)C1. The summed E-state index contributed by atoms with van der Waals surface area (Å²) in [5, 5.41) is 1.04. The van der Waals surface area contributed by atoms with Gasteiger partial charge in [-0.05, 0) is 44.7 Å². The van der Waals surface area contributed by atoms with Crippen LogP contribution in [0.4, 0.5) is 0 Å². The van der Waals surface area contributed by atoms with Gasteiger partial charge in [0.15, 0.2) is 0 Å². The minimum Gasteiger partial charge on any atom is -0.463 e. The van der Waals surface area contributed by atoms with Crippen molar-refractivity contribution in [2.24, 2.45) is 5.92 Å². The number of likely N-dealkylation sites (tertiary alicyclic amines) is 1. The van der Waals surface area contributed by atoms with Crippen LogP contribution in [0.5, 0.6) is 0 Å². The van der Waals surface area contributed by atoms with E-state index in [1.54, 1.807) is 0 Å². The van der Waals surface area contributed by atoms with Crippen molar-refractivity contribution in [3.05, 3.63) is 36.0 Å². The molecule has 1 N–H and O–H groups in total. The number of nitrogens with one attached hydrogen (secondary N) is 1. The maximum absolute atomic E-state index is 12.8. The number of aromatic amines is 1. The average Bonchev–Trinajstić information content (AvgIpc) is 2.97. The van der Waals surface area contributed by atoms with Crippen molar-refractivity contribution in [2.75, 3.05) is 13.1 Å². The molecular formula is C19H24N2O3. The predicted octanol–water partition coefficient (Wildman–Crippen LogP) is 3.36. The van der Waals surface area contributed by atoms with Gasteiger partial charge in [-0.2, -0.15) is 0 Å². The number of amides is 1. The number of rotatable bonds is 4. The summed E-state index contributed by atoms with van der Waals surface area (Å²) in [7, 11) is 0. The van der Waals surface area contributed by atoms with E-state index in [1.165, 1.54) is 0 Å². The van der Waals surface area contributed by atoms with Crippen LogP contribution >= 0.6 is 0 Å². The van der Waals surface area contributed by atoms with E-state index in [0.717, 1.165) is 30.3 Å². The Labute approximate surface area is 142 Å². The Balaban J connectivity index is 1.65. The minimum absolute atomic E-state index is 0.00752. The number of benzene rings is 1. The van der Waals surface area contributed by atoms with Crippen LogP contribution in [0.2, 0.25) is 0 Å². The van der Waals surface area contributed by atoms with Gasteiger partial charge in [-0.3, -0.25) is 9.59 Å². The van der Waals surface area contributed by atoms with Crippen LogP contribution in [0.25, 0.3) is 10.9 Å². The van der Waals surface area contributed by atoms with Crippen LogP contribution in [-0.4, -0.2) is 41.0 Å². The van der Waals surface area contributed by atoms with Gasteiger partial charge in [-0.1, -0.05) is 18.2 Å². The number of hydrogen-bond acceptors (Lipinski definition) is 3. The van der Waals surface area contributed by atoms with Crippen LogP contribution in [0.3, 0.4) is 0 Å². The highest BCUT2D eigenvalue weighted by Gasteiger charge is 2.27. The molecule has 1 fully saturated rings. The number of piperidine rings is 1. The molecule has 1 atom stereocenters. The van der Waals surface area contributed by atoms with Crippen LogP contribution in [0, 0.1) is 5.92 Å². The van der Waals surface area contributed by atoms with Crippen LogP contribution in [-0.2, 0) is 9.53 Å². The molecule has 1 aliphatic heterocycles. The van der Waals surface area contributed by atoms with E-state index in [9.17, 15) is 9.59 Å². The molecule has 3 rings (SSSR count). The number of carbonyl (C=O) groups is 2. The molecule has 5 nitrogen and oxygen atoms in total. The first-order chi connectivity index (χ1) is 11.5. The molecule has 0 bridgehead atoms. The Bertz CT molecular complexity index is 702. The summed E-state index contributed by atoms with van der Waals surface area (Å²) in [6, 6.07) is 9.76. The van der Waals surface area contributed by atoms with Gasteiger partial charge in [0.1, 0.15) is 5.69 Å². The Morgan fingerprint density at radius 1 is 1.33 bits per heavy atom. The second kappa shape index (κ2) is 7.07. The Morgan fingerprint density at radius 2 is 2.12 bits per heavy atom. The normalized spacial score (nSPS) is 18.1. The Hall–Kier alpha value is -2.30. The Kier molecular flexibility index (Phi) is 4.88. The highest BCUT2D eigenvalue weighted by Crippen LogP contribution is 2.23. The van der Waals surface area contributed by atoms with Crippen molar-refractivity contribution in [3.63, 3.8) is 0 Å². The lowest BCUT2D eigenvalue weighted by Crippen LogP contribution is -2.40. The summed E-state index contributed by atoms with van der Waals surface area (Å²) in [6.07, 6.45) is 2.18. The maximum atomic E-state index is 12.8. The topological polar surface area (TPSA) is 62.4 Å². The van der Waals surface area contributed by atoms with Gasteiger partial charge >= 0.3 is 5.97 Å². The first-order valence-corrected chi connectivity index (χ1v) is 8.59. The molecule has 2 aromatic rings. The van der Waals surface area contributed by atoms with Crippen molar-refractivity contribution in [3.8, 4) is 0 Å². The zero-order valence-corrected chi connectivity index (χ0v) is 14.2.